The Hall–Kier alpha value is -1.07. The second-order valence-electron chi connectivity index (χ2n) is 4.88. The molecular formula is C15H17Cl2FN2O. The lowest BCUT2D eigenvalue weighted by molar-refractivity contribution is 0.180. The highest BCUT2D eigenvalue weighted by Gasteiger charge is 2.26. The topological polar surface area (TPSA) is 28.4 Å². The summed E-state index contributed by atoms with van der Waals surface area (Å²) in [6.45, 7) is 3.64. The van der Waals surface area contributed by atoms with Crippen LogP contribution in [-0.2, 0) is 0 Å². The largest absolute Gasteiger partial charge is 0.467 e. The average molecular weight is 331 g/mol. The molecule has 1 saturated heterocycles. The zero-order valence-electron chi connectivity index (χ0n) is 11.4. The second-order valence-corrected chi connectivity index (χ2v) is 5.28. The van der Waals surface area contributed by atoms with Gasteiger partial charge in [-0.05, 0) is 29.8 Å². The lowest BCUT2D eigenvalue weighted by Crippen LogP contribution is -2.45. The molecule has 3 nitrogen and oxygen atoms in total. The first kappa shape index (κ1) is 16.3. The van der Waals surface area contributed by atoms with Crippen LogP contribution in [0.2, 0.25) is 5.02 Å². The maximum atomic E-state index is 13.8. The van der Waals surface area contributed by atoms with Crippen molar-refractivity contribution in [1.82, 2.24) is 10.2 Å². The fraction of sp³-hybridized carbons (Fsp3) is 0.333. The van der Waals surface area contributed by atoms with E-state index in [0.29, 0.717) is 0 Å². The summed E-state index contributed by atoms with van der Waals surface area (Å²) in [5.41, 5.74) is 0.865. The van der Waals surface area contributed by atoms with E-state index >= 15 is 0 Å². The van der Waals surface area contributed by atoms with Gasteiger partial charge >= 0.3 is 0 Å². The summed E-state index contributed by atoms with van der Waals surface area (Å²) in [5, 5.41) is 3.46. The van der Waals surface area contributed by atoms with E-state index in [0.717, 1.165) is 37.5 Å². The number of nitrogens with one attached hydrogen (secondary N) is 1. The monoisotopic (exact) mass is 330 g/mol. The normalized spacial score (nSPS) is 17.2. The first-order valence-corrected chi connectivity index (χ1v) is 7.06. The van der Waals surface area contributed by atoms with Gasteiger partial charge in [0.25, 0.3) is 0 Å². The molecule has 1 aromatic heterocycles. The smallest absolute Gasteiger partial charge is 0.142 e. The van der Waals surface area contributed by atoms with Crippen LogP contribution in [-0.4, -0.2) is 31.1 Å². The van der Waals surface area contributed by atoms with Crippen LogP contribution in [0.4, 0.5) is 4.39 Å². The highest BCUT2D eigenvalue weighted by atomic mass is 35.5. The first-order chi connectivity index (χ1) is 9.75. The van der Waals surface area contributed by atoms with E-state index in [1.807, 2.05) is 18.2 Å². The average Bonchev–Trinajstić information content (AvgIpc) is 2.98. The second kappa shape index (κ2) is 7.27. The number of halogens is 3. The third-order valence-corrected chi connectivity index (χ3v) is 3.90. The molecule has 0 amide bonds. The lowest BCUT2D eigenvalue weighted by Gasteiger charge is -2.34. The van der Waals surface area contributed by atoms with Crippen molar-refractivity contribution in [3.63, 3.8) is 0 Å². The summed E-state index contributed by atoms with van der Waals surface area (Å²) in [7, 11) is 0. The molecule has 1 aliphatic heterocycles. The van der Waals surface area contributed by atoms with E-state index in [1.54, 1.807) is 12.3 Å². The van der Waals surface area contributed by atoms with E-state index in [2.05, 4.69) is 10.2 Å². The number of rotatable bonds is 3. The number of hydrogen-bond acceptors (Lipinski definition) is 3. The Bertz CT molecular complexity index is 571. The van der Waals surface area contributed by atoms with Gasteiger partial charge in [0, 0.05) is 26.2 Å². The summed E-state index contributed by atoms with van der Waals surface area (Å²) in [4.78, 5) is 2.29. The Labute approximate surface area is 134 Å². The maximum absolute atomic E-state index is 13.8. The van der Waals surface area contributed by atoms with Crippen LogP contribution >= 0.6 is 24.0 Å². The van der Waals surface area contributed by atoms with E-state index < -0.39 is 5.82 Å². The van der Waals surface area contributed by atoms with Crippen molar-refractivity contribution in [1.29, 1.82) is 0 Å². The van der Waals surface area contributed by atoms with Gasteiger partial charge in [-0.3, -0.25) is 4.90 Å². The predicted octanol–water partition coefficient (Wildman–Crippen LogP) is 3.49. The quantitative estimate of drug-likeness (QED) is 0.933. The van der Waals surface area contributed by atoms with Gasteiger partial charge in [0.15, 0.2) is 0 Å². The molecule has 0 bridgehead atoms. The fourth-order valence-electron chi connectivity index (χ4n) is 2.62. The molecule has 2 aromatic rings. The summed E-state index contributed by atoms with van der Waals surface area (Å²) >= 11 is 5.77. The Kier molecular flexibility index (Phi) is 5.65. The van der Waals surface area contributed by atoms with Gasteiger partial charge in [-0.2, -0.15) is 0 Å². The highest BCUT2D eigenvalue weighted by Crippen LogP contribution is 2.31. The molecule has 0 saturated carbocycles. The highest BCUT2D eigenvalue weighted by molar-refractivity contribution is 6.30. The van der Waals surface area contributed by atoms with Gasteiger partial charge in [0.1, 0.15) is 11.6 Å². The third-order valence-electron chi connectivity index (χ3n) is 3.59. The van der Waals surface area contributed by atoms with Crippen molar-refractivity contribution in [3.05, 3.63) is 58.8 Å². The molecular weight excluding hydrogens is 314 g/mol. The molecule has 0 unspecified atom stereocenters. The maximum Gasteiger partial charge on any atom is 0.142 e. The van der Waals surface area contributed by atoms with Gasteiger partial charge in [0.05, 0.1) is 17.3 Å². The van der Waals surface area contributed by atoms with Crippen LogP contribution in [0.5, 0.6) is 0 Å². The van der Waals surface area contributed by atoms with Crippen LogP contribution in [0.25, 0.3) is 0 Å². The Balaban J connectivity index is 0.00000161. The van der Waals surface area contributed by atoms with Crippen molar-refractivity contribution < 1.29 is 8.81 Å². The molecule has 114 valence electrons. The standard InChI is InChI=1S/C15H16ClFN2O.ClH/c16-12-4-3-11(10-13(12)17)15(14-2-1-9-20-14)19-7-5-18-6-8-19;/h1-4,9-10,15,18H,5-8H2;1H/t15-;/m1./s1. The number of benzene rings is 1. The molecule has 1 aromatic carbocycles. The van der Waals surface area contributed by atoms with Crippen LogP contribution in [0.3, 0.4) is 0 Å². The van der Waals surface area contributed by atoms with Crippen molar-refractivity contribution in [2.45, 2.75) is 6.04 Å². The molecule has 1 fully saturated rings. The van der Waals surface area contributed by atoms with Gasteiger partial charge in [0.2, 0.25) is 0 Å². The van der Waals surface area contributed by atoms with Crippen LogP contribution in [0.15, 0.2) is 41.0 Å². The first-order valence-electron chi connectivity index (χ1n) is 6.69. The number of nitrogens with zero attached hydrogens (tertiary/aromatic N) is 1. The summed E-state index contributed by atoms with van der Waals surface area (Å²) < 4.78 is 19.3. The van der Waals surface area contributed by atoms with Gasteiger partial charge < -0.3 is 9.73 Å². The molecule has 0 aliphatic carbocycles. The summed E-state index contributed by atoms with van der Waals surface area (Å²) in [6, 6.07) is 8.68. The van der Waals surface area contributed by atoms with Crippen LogP contribution in [0, 0.1) is 5.82 Å². The Morgan fingerprint density at radius 3 is 2.62 bits per heavy atom. The SMILES string of the molecule is Cl.Fc1cc([C@H](c2ccco2)N2CCNCC2)ccc1Cl. The third kappa shape index (κ3) is 3.58. The fourth-order valence-corrected chi connectivity index (χ4v) is 2.74. The minimum atomic E-state index is -0.393. The molecule has 6 heteroatoms. The zero-order valence-corrected chi connectivity index (χ0v) is 13.0. The van der Waals surface area contributed by atoms with E-state index in [4.69, 9.17) is 16.0 Å². The summed E-state index contributed by atoms with van der Waals surface area (Å²) in [5.74, 6) is 0.435. The van der Waals surface area contributed by atoms with Gasteiger partial charge in [-0.15, -0.1) is 12.4 Å². The summed E-state index contributed by atoms with van der Waals surface area (Å²) in [6.07, 6.45) is 1.65. The molecule has 0 spiro atoms. The van der Waals surface area contributed by atoms with E-state index in [1.165, 1.54) is 6.07 Å². The van der Waals surface area contributed by atoms with Crippen molar-refractivity contribution >= 4 is 24.0 Å². The molecule has 2 heterocycles. The minimum absolute atomic E-state index is 0. The molecule has 3 rings (SSSR count). The Morgan fingerprint density at radius 2 is 2.00 bits per heavy atom. The zero-order chi connectivity index (χ0) is 13.9. The van der Waals surface area contributed by atoms with Crippen molar-refractivity contribution in [2.75, 3.05) is 26.2 Å². The van der Waals surface area contributed by atoms with Crippen LogP contribution in [0.1, 0.15) is 17.4 Å². The molecule has 1 atom stereocenters. The number of hydrogen-bond donors (Lipinski definition) is 1. The molecule has 0 radical (unpaired) electrons. The molecule has 1 N–H and O–H groups in total. The predicted molar refractivity (Wildman–Crippen MR) is 83.7 cm³/mol. The van der Waals surface area contributed by atoms with Gasteiger partial charge in [-0.1, -0.05) is 17.7 Å². The van der Waals surface area contributed by atoms with E-state index in [9.17, 15) is 4.39 Å². The van der Waals surface area contributed by atoms with Crippen molar-refractivity contribution in [2.24, 2.45) is 0 Å². The minimum Gasteiger partial charge on any atom is -0.467 e. The molecule has 1 aliphatic rings. The number of furan rings is 1. The van der Waals surface area contributed by atoms with Crippen LogP contribution < -0.4 is 5.32 Å². The van der Waals surface area contributed by atoms with E-state index in [-0.39, 0.29) is 23.5 Å². The Morgan fingerprint density at radius 1 is 1.24 bits per heavy atom. The molecule has 21 heavy (non-hydrogen) atoms. The van der Waals surface area contributed by atoms with Crippen molar-refractivity contribution in [3.8, 4) is 0 Å². The number of piperazine rings is 1. The lowest BCUT2D eigenvalue weighted by atomic mass is 10.0. The van der Waals surface area contributed by atoms with Gasteiger partial charge in [-0.25, -0.2) is 4.39 Å².